The van der Waals surface area contributed by atoms with Gasteiger partial charge in [-0.2, -0.15) is 0 Å². The minimum absolute atomic E-state index is 0.310. The predicted octanol–water partition coefficient (Wildman–Crippen LogP) is 4.05. The third kappa shape index (κ3) is 3.62. The number of thiophene rings is 1. The van der Waals surface area contributed by atoms with Crippen LogP contribution >= 0.6 is 11.3 Å². The van der Waals surface area contributed by atoms with Crippen LogP contribution in [0.3, 0.4) is 0 Å². The van der Waals surface area contributed by atoms with E-state index in [2.05, 4.69) is 6.07 Å². The molecular formula is C14H15F2NS. The molecular weight excluding hydrogens is 252 g/mol. The molecule has 1 atom stereocenters. The van der Waals surface area contributed by atoms with Gasteiger partial charge in [-0.15, -0.1) is 11.3 Å². The van der Waals surface area contributed by atoms with Crippen molar-refractivity contribution in [3.8, 4) is 0 Å². The van der Waals surface area contributed by atoms with Gasteiger partial charge in [-0.1, -0.05) is 6.07 Å². The van der Waals surface area contributed by atoms with Gasteiger partial charge in [0.15, 0.2) is 0 Å². The van der Waals surface area contributed by atoms with Gasteiger partial charge >= 0.3 is 0 Å². The van der Waals surface area contributed by atoms with Crippen LogP contribution in [-0.2, 0) is 6.42 Å². The summed E-state index contributed by atoms with van der Waals surface area (Å²) in [6, 6.07) is 7.26. The molecule has 0 aliphatic rings. The lowest BCUT2D eigenvalue weighted by atomic mass is 10.0. The highest BCUT2D eigenvalue weighted by molar-refractivity contribution is 7.09. The van der Waals surface area contributed by atoms with Gasteiger partial charge in [0.2, 0.25) is 0 Å². The van der Waals surface area contributed by atoms with Crippen molar-refractivity contribution in [2.75, 3.05) is 0 Å². The first-order valence-electron chi connectivity index (χ1n) is 5.89. The first-order valence-corrected chi connectivity index (χ1v) is 6.77. The summed E-state index contributed by atoms with van der Waals surface area (Å²) in [5.41, 5.74) is 6.47. The van der Waals surface area contributed by atoms with E-state index in [-0.39, 0.29) is 6.04 Å². The third-order valence-electron chi connectivity index (χ3n) is 2.83. The van der Waals surface area contributed by atoms with E-state index in [0.717, 1.165) is 25.3 Å². The smallest absolute Gasteiger partial charge is 0.126 e. The van der Waals surface area contributed by atoms with Crippen molar-refractivity contribution in [2.45, 2.75) is 25.3 Å². The Balaban J connectivity index is 1.89. The van der Waals surface area contributed by atoms with Crippen LogP contribution in [0.2, 0.25) is 0 Å². The lowest BCUT2D eigenvalue weighted by molar-refractivity contribution is 0.561. The van der Waals surface area contributed by atoms with E-state index in [1.165, 1.54) is 17.0 Å². The van der Waals surface area contributed by atoms with Gasteiger partial charge in [0, 0.05) is 17.0 Å². The number of hydrogen-bond donors (Lipinski definition) is 1. The zero-order chi connectivity index (χ0) is 13.0. The topological polar surface area (TPSA) is 26.0 Å². The molecule has 1 nitrogen and oxygen atoms in total. The highest BCUT2D eigenvalue weighted by atomic mass is 32.1. The summed E-state index contributed by atoms with van der Waals surface area (Å²) < 4.78 is 26.1. The van der Waals surface area contributed by atoms with Gasteiger partial charge in [-0.3, -0.25) is 0 Å². The number of halogens is 2. The SMILES string of the molecule is NC(CCCc1cccs1)c1cc(F)cc(F)c1. The van der Waals surface area contributed by atoms with Crippen molar-refractivity contribution >= 4 is 11.3 Å². The van der Waals surface area contributed by atoms with Gasteiger partial charge < -0.3 is 5.73 Å². The summed E-state index contributed by atoms with van der Waals surface area (Å²) in [6.45, 7) is 0. The van der Waals surface area contributed by atoms with E-state index in [1.54, 1.807) is 11.3 Å². The molecule has 1 aromatic carbocycles. The maximum atomic E-state index is 13.0. The maximum Gasteiger partial charge on any atom is 0.126 e. The normalized spacial score (nSPS) is 12.6. The lowest BCUT2D eigenvalue weighted by Crippen LogP contribution is -2.11. The minimum Gasteiger partial charge on any atom is -0.324 e. The van der Waals surface area contributed by atoms with Crippen LogP contribution in [0.5, 0.6) is 0 Å². The Labute approximate surface area is 109 Å². The fourth-order valence-electron chi connectivity index (χ4n) is 1.91. The molecule has 0 bridgehead atoms. The van der Waals surface area contributed by atoms with Crippen LogP contribution in [0.4, 0.5) is 8.78 Å². The zero-order valence-electron chi connectivity index (χ0n) is 9.90. The second kappa shape index (κ2) is 6.07. The van der Waals surface area contributed by atoms with Gasteiger partial charge in [-0.05, 0) is 48.4 Å². The predicted molar refractivity (Wildman–Crippen MR) is 70.5 cm³/mol. The maximum absolute atomic E-state index is 13.0. The second-order valence-corrected chi connectivity index (χ2v) is 5.31. The van der Waals surface area contributed by atoms with E-state index < -0.39 is 11.6 Å². The van der Waals surface area contributed by atoms with Crippen molar-refractivity contribution in [3.05, 3.63) is 57.8 Å². The van der Waals surface area contributed by atoms with Crippen molar-refractivity contribution in [1.29, 1.82) is 0 Å². The molecule has 0 spiro atoms. The zero-order valence-corrected chi connectivity index (χ0v) is 10.7. The summed E-state index contributed by atoms with van der Waals surface area (Å²) in [5, 5.41) is 2.04. The Morgan fingerprint density at radius 2 is 1.89 bits per heavy atom. The van der Waals surface area contributed by atoms with Gasteiger partial charge in [0.25, 0.3) is 0 Å². The average molecular weight is 267 g/mol. The van der Waals surface area contributed by atoms with E-state index in [0.29, 0.717) is 5.56 Å². The molecule has 2 N–H and O–H groups in total. The minimum atomic E-state index is -0.571. The first-order chi connectivity index (χ1) is 8.65. The average Bonchev–Trinajstić information content (AvgIpc) is 2.80. The van der Waals surface area contributed by atoms with Gasteiger partial charge in [-0.25, -0.2) is 8.78 Å². The first kappa shape index (κ1) is 13.2. The van der Waals surface area contributed by atoms with Crippen LogP contribution < -0.4 is 5.73 Å². The van der Waals surface area contributed by atoms with Gasteiger partial charge in [0.05, 0.1) is 0 Å². The Kier molecular flexibility index (Phi) is 4.44. The molecule has 0 aliphatic heterocycles. The molecule has 0 radical (unpaired) electrons. The number of aryl methyl sites for hydroxylation is 1. The standard InChI is InChI=1S/C14H15F2NS/c15-11-7-10(8-12(16)9-11)14(17)5-1-3-13-4-2-6-18-13/h2,4,6-9,14H,1,3,5,17H2. The molecule has 1 unspecified atom stereocenters. The molecule has 2 aromatic rings. The van der Waals surface area contributed by atoms with Crippen LogP contribution in [0.25, 0.3) is 0 Å². The highest BCUT2D eigenvalue weighted by Gasteiger charge is 2.09. The summed E-state index contributed by atoms with van der Waals surface area (Å²) >= 11 is 1.71. The van der Waals surface area contributed by atoms with Crippen LogP contribution in [0.1, 0.15) is 29.3 Å². The summed E-state index contributed by atoms with van der Waals surface area (Å²) in [7, 11) is 0. The molecule has 0 amide bonds. The molecule has 1 heterocycles. The number of hydrogen-bond acceptors (Lipinski definition) is 2. The van der Waals surface area contributed by atoms with Crippen molar-refractivity contribution in [1.82, 2.24) is 0 Å². The molecule has 0 fully saturated rings. The van der Waals surface area contributed by atoms with Gasteiger partial charge in [0.1, 0.15) is 11.6 Å². The summed E-state index contributed by atoms with van der Waals surface area (Å²) in [5.74, 6) is -1.14. The van der Waals surface area contributed by atoms with Crippen molar-refractivity contribution in [3.63, 3.8) is 0 Å². The van der Waals surface area contributed by atoms with E-state index >= 15 is 0 Å². The van der Waals surface area contributed by atoms with Crippen LogP contribution in [-0.4, -0.2) is 0 Å². The molecule has 1 aromatic heterocycles. The highest BCUT2D eigenvalue weighted by Crippen LogP contribution is 2.20. The van der Waals surface area contributed by atoms with E-state index in [1.807, 2.05) is 11.4 Å². The summed E-state index contributed by atoms with van der Waals surface area (Å²) in [4.78, 5) is 1.31. The van der Waals surface area contributed by atoms with Crippen molar-refractivity contribution in [2.24, 2.45) is 5.73 Å². The molecule has 18 heavy (non-hydrogen) atoms. The number of rotatable bonds is 5. The summed E-state index contributed by atoms with van der Waals surface area (Å²) in [6.07, 6.45) is 2.60. The molecule has 4 heteroatoms. The molecule has 0 saturated heterocycles. The number of nitrogens with two attached hydrogens (primary N) is 1. The van der Waals surface area contributed by atoms with E-state index in [4.69, 9.17) is 5.73 Å². The quantitative estimate of drug-likeness (QED) is 0.869. The second-order valence-electron chi connectivity index (χ2n) is 4.28. The Bertz CT molecular complexity index is 476. The molecule has 0 saturated carbocycles. The fraction of sp³-hybridized carbons (Fsp3) is 0.286. The van der Waals surface area contributed by atoms with Crippen LogP contribution in [0.15, 0.2) is 35.7 Å². The van der Waals surface area contributed by atoms with Crippen molar-refractivity contribution < 1.29 is 8.78 Å². The molecule has 0 aliphatic carbocycles. The Hall–Kier alpha value is -1.26. The molecule has 2 rings (SSSR count). The van der Waals surface area contributed by atoms with E-state index in [9.17, 15) is 8.78 Å². The third-order valence-corrected chi connectivity index (χ3v) is 3.77. The molecule has 96 valence electrons. The monoisotopic (exact) mass is 267 g/mol. The Morgan fingerprint density at radius 1 is 1.17 bits per heavy atom. The largest absolute Gasteiger partial charge is 0.324 e. The number of benzene rings is 1. The lowest BCUT2D eigenvalue weighted by Gasteiger charge is -2.11. The Morgan fingerprint density at radius 3 is 2.50 bits per heavy atom. The fourth-order valence-corrected chi connectivity index (χ4v) is 2.66. The van der Waals surface area contributed by atoms with Crippen LogP contribution in [0, 0.1) is 11.6 Å².